The molecular weight excluding hydrogens is 346 g/mol. The van der Waals surface area contributed by atoms with Crippen molar-refractivity contribution in [2.75, 3.05) is 20.1 Å². The van der Waals surface area contributed by atoms with Crippen LogP contribution < -0.4 is 10.6 Å². The molecule has 1 aromatic carbocycles. The molecule has 4 rings (SSSR count). The van der Waals surface area contributed by atoms with E-state index in [0.717, 1.165) is 43.3 Å². The molecule has 2 N–H and O–H groups in total. The highest BCUT2D eigenvalue weighted by molar-refractivity contribution is 5.80. The molecule has 4 amide bonds. The Morgan fingerprint density at radius 3 is 2.85 bits per heavy atom. The van der Waals surface area contributed by atoms with Gasteiger partial charge in [-0.15, -0.1) is 0 Å². The lowest BCUT2D eigenvalue weighted by Gasteiger charge is -2.39. The number of rotatable bonds is 4. The largest absolute Gasteiger partial charge is 0.356 e. The lowest BCUT2D eigenvalue weighted by atomic mass is 10.0. The highest BCUT2D eigenvalue weighted by atomic mass is 16.5. The van der Waals surface area contributed by atoms with Gasteiger partial charge in [0.15, 0.2) is 5.58 Å². The molecule has 2 aliphatic rings. The van der Waals surface area contributed by atoms with Gasteiger partial charge in [-0.3, -0.25) is 0 Å². The van der Waals surface area contributed by atoms with Gasteiger partial charge in [0.2, 0.25) is 0 Å². The number of benzene rings is 1. The SMILES string of the molecule is CNC(=O)N1CCC[C@@H](N(C(=O)NCc2noc3ccccc23)C2CC2)C1. The van der Waals surface area contributed by atoms with Crippen molar-refractivity contribution in [2.45, 2.75) is 44.3 Å². The van der Waals surface area contributed by atoms with Gasteiger partial charge in [-0.25, -0.2) is 9.59 Å². The number of carbonyl (C=O) groups is 2. The maximum Gasteiger partial charge on any atom is 0.318 e. The zero-order valence-electron chi connectivity index (χ0n) is 15.5. The molecule has 2 fully saturated rings. The van der Waals surface area contributed by atoms with Crippen molar-refractivity contribution in [2.24, 2.45) is 0 Å². The summed E-state index contributed by atoms with van der Waals surface area (Å²) in [4.78, 5) is 28.6. The van der Waals surface area contributed by atoms with E-state index in [2.05, 4.69) is 15.8 Å². The van der Waals surface area contributed by atoms with Crippen molar-refractivity contribution >= 4 is 23.0 Å². The molecule has 1 aliphatic carbocycles. The maximum atomic E-state index is 12.9. The van der Waals surface area contributed by atoms with Crippen LogP contribution in [0.3, 0.4) is 0 Å². The quantitative estimate of drug-likeness (QED) is 0.863. The number of piperidine rings is 1. The minimum atomic E-state index is -0.0895. The first-order valence-corrected chi connectivity index (χ1v) is 9.53. The van der Waals surface area contributed by atoms with Crippen LogP contribution in [-0.2, 0) is 6.54 Å². The standard InChI is InChI=1S/C19H25N5O3/c1-20-18(25)23-10-4-5-14(12-23)24(13-8-9-13)19(26)21-11-16-15-6-2-3-7-17(15)27-22-16/h2-3,6-7,13-14H,4-5,8-12H2,1H3,(H,20,25)(H,21,26)/t14-/m1/s1. The van der Waals surface area contributed by atoms with Crippen molar-refractivity contribution in [3.63, 3.8) is 0 Å². The van der Waals surface area contributed by atoms with Gasteiger partial charge >= 0.3 is 12.1 Å². The summed E-state index contributed by atoms with van der Waals surface area (Å²) < 4.78 is 5.30. The van der Waals surface area contributed by atoms with Crippen molar-refractivity contribution in [1.29, 1.82) is 0 Å². The molecule has 2 heterocycles. The number of carbonyl (C=O) groups excluding carboxylic acids is 2. The molecule has 0 spiro atoms. The molecule has 2 aromatic rings. The van der Waals surface area contributed by atoms with E-state index < -0.39 is 0 Å². The number of hydrogen-bond donors (Lipinski definition) is 2. The van der Waals surface area contributed by atoms with E-state index in [4.69, 9.17) is 4.52 Å². The summed E-state index contributed by atoms with van der Waals surface area (Å²) in [6, 6.07) is 7.78. The molecule has 0 unspecified atom stereocenters. The number of aromatic nitrogens is 1. The second-order valence-corrected chi connectivity index (χ2v) is 7.22. The average Bonchev–Trinajstić information content (AvgIpc) is 3.45. The number of fused-ring (bicyclic) bond motifs is 1. The minimum Gasteiger partial charge on any atom is -0.356 e. The van der Waals surface area contributed by atoms with Gasteiger partial charge in [-0.05, 0) is 37.8 Å². The Hall–Kier alpha value is -2.77. The van der Waals surface area contributed by atoms with Crippen molar-refractivity contribution in [3.8, 4) is 0 Å². The lowest BCUT2D eigenvalue weighted by Crippen LogP contribution is -2.56. The normalized spacial score (nSPS) is 19.7. The average molecular weight is 371 g/mol. The van der Waals surface area contributed by atoms with E-state index in [1.54, 1.807) is 11.9 Å². The van der Waals surface area contributed by atoms with Gasteiger partial charge in [0.1, 0.15) is 5.69 Å². The smallest absolute Gasteiger partial charge is 0.318 e. The van der Waals surface area contributed by atoms with E-state index in [-0.39, 0.29) is 24.1 Å². The summed E-state index contributed by atoms with van der Waals surface area (Å²) in [6.45, 7) is 1.64. The monoisotopic (exact) mass is 371 g/mol. The third-order valence-corrected chi connectivity index (χ3v) is 5.32. The summed E-state index contributed by atoms with van der Waals surface area (Å²) in [5, 5.41) is 10.7. The number of hydrogen-bond acceptors (Lipinski definition) is 4. The lowest BCUT2D eigenvalue weighted by molar-refractivity contribution is 0.116. The Kier molecular flexibility index (Phi) is 4.87. The van der Waals surface area contributed by atoms with Gasteiger partial charge in [-0.1, -0.05) is 17.3 Å². The van der Waals surface area contributed by atoms with Gasteiger partial charge in [0.05, 0.1) is 12.6 Å². The predicted octanol–water partition coefficient (Wildman–Crippen LogP) is 2.31. The van der Waals surface area contributed by atoms with Crippen LogP contribution in [0.1, 0.15) is 31.4 Å². The van der Waals surface area contributed by atoms with Crippen LogP contribution in [0.25, 0.3) is 11.0 Å². The third kappa shape index (κ3) is 3.70. The molecular formula is C19H25N5O3. The van der Waals surface area contributed by atoms with E-state index >= 15 is 0 Å². The zero-order chi connectivity index (χ0) is 18.8. The third-order valence-electron chi connectivity index (χ3n) is 5.32. The molecule has 1 aliphatic heterocycles. The molecule has 8 heteroatoms. The highest BCUT2D eigenvalue weighted by Gasteiger charge is 2.39. The summed E-state index contributed by atoms with van der Waals surface area (Å²) in [5.74, 6) is 0. The number of para-hydroxylation sites is 1. The van der Waals surface area contributed by atoms with E-state index in [0.29, 0.717) is 18.7 Å². The van der Waals surface area contributed by atoms with Crippen molar-refractivity contribution < 1.29 is 14.1 Å². The van der Waals surface area contributed by atoms with Crippen LogP contribution in [0, 0.1) is 0 Å². The van der Waals surface area contributed by atoms with E-state index in [9.17, 15) is 9.59 Å². The number of urea groups is 2. The van der Waals surface area contributed by atoms with Crippen LogP contribution in [-0.4, -0.2) is 59.2 Å². The molecule has 1 aromatic heterocycles. The number of amides is 4. The Morgan fingerprint density at radius 1 is 1.26 bits per heavy atom. The molecule has 1 atom stereocenters. The van der Waals surface area contributed by atoms with Gasteiger partial charge in [0, 0.05) is 31.6 Å². The van der Waals surface area contributed by atoms with Crippen LogP contribution in [0.15, 0.2) is 28.8 Å². The molecule has 27 heavy (non-hydrogen) atoms. The number of nitrogens with zero attached hydrogens (tertiary/aromatic N) is 3. The first kappa shape index (κ1) is 17.6. The molecule has 8 nitrogen and oxygen atoms in total. The predicted molar refractivity (Wildman–Crippen MR) is 100 cm³/mol. The fourth-order valence-electron chi connectivity index (χ4n) is 3.82. The Morgan fingerprint density at radius 2 is 2.07 bits per heavy atom. The van der Waals surface area contributed by atoms with E-state index in [1.807, 2.05) is 29.2 Å². The van der Waals surface area contributed by atoms with Crippen LogP contribution in [0.2, 0.25) is 0 Å². The molecule has 144 valence electrons. The highest BCUT2D eigenvalue weighted by Crippen LogP contribution is 2.31. The van der Waals surface area contributed by atoms with Gasteiger partial charge in [0.25, 0.3) is 0 Å². The molecule has 1 saturated carbocycles. The summed E-state index contributed by atoms with van der Waals surface area (Å²) in [6.07, 6.45) is 3.88. The fourth-order valence-corrected chi connectivity index (χ4v) is 3.82. The van der Waals surface area contributed by atoms with Crippen molar-refractivity contribution in [3.05, 3.63) is 30.0 Å². The molecule has 1 saturated heterocycles. The van der Waals surface area contributed by atoms with Gasteiger partial charge in [-0.2, -0.15) is 0 Å². The van der Waals surface area contributed by atoms with Crippen LogP contribution in [0.5, 0.6) is 0 Å². The topological polar surface area (TPSA) is 90.7 Å². The summed E-state index contributed by atoms with van der Waals surface area (Å²) in [5.41, 5.74) is 1.44. The summed E-state index contributed by atoms with van der Waals surface area (Å²) in [7, 11) is 1.64. The number of likely N-dealkylation sites (tertiary alicyclic amines) is 1. The van der Waals surface area contributed by atoms with Crippen LogP contribution >= 0.6 is 0 Å². The molecule has 0 radical (unpaired) electrons. The Bertz CT molecular complexity index is 832. The second-order valence-electron chi connectivity index (χ2n) is 7.22. The number of nitrogens with one attached hydrogen (secondary N) is 2. The first-order valence-electron chi connectivity index (χ1n) is 9.53. The van der Waals surface area contributed by atoms with Crippen LogP contribution in [0.4, 0.5) is 9.59 Å². The second kappa shape index (κ2) is 7.46. The fraction of sp³-hybridized carbons (Fsp3) is 0.526. The minimum absolute atomic E-state index is 0.0533. The Balaban J connectivity index is 1.43. The molecule has 0 bridgehead atoms. The van der Waals surface area contributed by atoms with Gasteiger partial charge < -0.3 is 25.0 Å². The van der Waals surface area contributed by atoms with Crippen molar-refractivity contribution in [1.82, 2.24) is 25.6 Å². The first-order chi connectivity index (χ1) is 13.2. The maximum absolute atomic E-state index is 12.9. The Labute approximate surface area is 157 Å². The zero-order valence-corrected chi connectivity index (χ0v) is 15.5. The van der Waals surface area contributed by atoms with E-state index in [1.165, 1.54) is 0 Å². The summed E-state index contributed by atoms with van der Waals surface area (Å²) >= 11 is 0.